The van der Waals surface area contributed by atoms with Crippen LogP contribution in [0.5, 0.6) is 0 Å². The summed E-state index contributed by atoms with van der Waals surface area (Å²) >= 11 is 0. The van der Waals surface area contributed by atoms with Crippen LogP contribution < -0.4 is 10.6 Å². The van der Waals surface area contributed by atoms with Crippen molar-refractivity contribution in [2.24, 2.45) is 4.99 Å². The number of carbonyl (C=O) groups is 1. The minimum atomic E-state index is 0. The number of guanidine groups is 1. The standard InChI is InChI=1S/C14H20N4O.HI/c1-18(2)13(19)12-6-3-5-11(9-12)10-17-14-15-7-4-8-16-14;/h3,5-6,9H,4,7-8,10H2,1-2H3,(H2,15,16,17);1H. The number of hydrogen-bond acceptors (Lipinski definition) is 4. The number of benzene rings is 1. The van der Waals surface area contributed by atoms with Crippen molar-refractivity contribution in [1.29, 1.82) is 0 Å². The van der Waals surface area contributed by atoms with E-state index in [1.165, 1.54) is 0 Å². The Bertz CT molecular complexity index is 488. The Kier molecular flexibility index (Phi) is 6.77. The fraction of sp³-hybridized carbons (Fsp3) is 0.429. The van der Waals surface area contributed by atoms with Crippen LogP contribution in [-0.4, -0.2) is 44.0 Å². The molecule has 0 bridgehead atoms. The Morgan fingerprint density at radius 1 is 1.45 bits per heavy atom. The highest BCUT2D eigenvalue weighted by Gasteiger charge is 2.08. The molecule has 2 rings (SSSR count). The maximum atomic E-state index is 11.9. The number of halogens is 1. The van der Waals surface area contributed by atoms with Gasteiger partial charge in [-0.1, -0.05) is 12.1 Å². The summed E-state index contributed by atoms with van der Waals surface area (Å²) < 4.78 is 0. The molecule has 0 spiro atoms. The zero-order valence-corrected chi connectivity index (χ0v) is 14.2. The van der Waals surface area contributed by atoms with Gasteiger partial charge in [0, 0.05) is 39.3 Å². The maximum absolute atomic E-state index is 11.9. The molecule has 6 heteroatoms. The highest BCUT2D eigenvalue weighted by Crippen LogP contribution is 2.07. The molecule has 5 nitrogen and oxygen atoms in total. The zero-order chi connectivity index (χ0) is 13.7. The fourth-order valence-electron chi connectivity index (χ4n) is 1.91. The van der Waals surface area contributed by atoms with Gasteiger partial charge >= 0.3 is 0 Å². The Hall–Kier alpha value is -1.31. The van der Waals surface area contributed by atoms with Gasteiger partial charge in [-0.05, 0) is 24.1 Å². The number of amides is 1. The molecule has 0 fully saturated rings. The summed E-state index contributed by atoms with van der Waals surface area (Å²) in [6.45, 7) is 2.50. The van der Waals surface area contributed by atoms with E-state index in [2.05, 4.69) is 15.6 Å². The average Bonchev–Trinajstić information content (AvgIpc) is 2.45. The van der Waals surface area contributed by atoms with Gasteiger partial charge in [-0.3, -0.25) is 9.79 Å². The number of nitrogens with one attached hydrogen (secondary N) is 2. The number of nitrogens with zero attached hydrogens (tertiary/aromatic N) is 2. The Labute approximate surface area is 136 Å². The topological polar surface area (TPSA) is 56.7 Å². The molecule has 0 saturated carbocycles. The lowest BCUT2D eigenvalue weighted by Crippen LogP contribution is -2.40. The van der Waals surface area contributed by atoms with E-state index in [1.54, 1.807) is 19.0 Å². The molecular weight excluding hydrogens is 367 g/mol. The van der Waals surface area contributed by atoms with E-state index in [0.29, 0.717) is 12.1 Å². The third kappa shape index (κ3) is 4.66. The predicted molar refractivity (Wildman–Crippen MR) is 91.6 cm³/mol. The van der Waals surface area contributed by atoms with Gasteiger partial charge in [0.2, 0.25) is 0 Å². The zero-order valence-electron chi connectivity index (χ0n) is 11.8. The van der Waals surface area contributed by atoms with Crippen molar-refractivity contribution < 1.29 is 4.79 Å². The van der Waals surface area contributed by atoms with E-state index in [4.69, 9.17) is 0 Å². The molecule has 0 saturated heterocycles. The second kappa shape index (κ2) is 8.08. The van der Waals surface area contributed by atoms with Crippen LogP contribution in [0, 0.1) is 0 Å². The van der Waals surface area contributed by atoms with Crippen LogP contribution in [0.25, 0.3) is 0 Å². The summed E-state index contributed by atoms with van der Waals surface area (Å²) in [5.41, 5.74) is 1.78. The first kappa shape index (κ1) is 16.7. The van der Waals surface area contributed by atoms with Crippen molar-refractivity contribution in [2.75, 3.05) is 27.2 Å². The van der Waals surface area contributed by atoms with Crippen LogP contribution in [0.3, 0.4) is 0 Å². The highest BCUT2D eigenvalue weighted by atomic mass is 127. The van der Waals surface area contributed by atoms with Gasteiger partial charge in [0.15, 0.2) is 5.96 Å². The number of carbonyl (C=O) groups excluding carboxylic acids is 1. The molecule has 20 heavy (non-hydrogen) atoms. The van der Waals surface area contributed by atoms with Gasteiger partial charge in [-0.25, -0.2) is 0 Å². The minimum absolute atomic E-state index is 0. The second-order valence-electron chi connectivity index (χ2n) is 4.76. The molecule has 1 aliphatic rings. The van der Waals surface area contributed by atoms with Gasteiger partial charge in [-0.15, -0.1) is 24.0 Å². The molecule has 1 aromatic rings. The molecule has 0 radical (unpaired) electrons. The van der Waals surface area contributed by atoms with Crippen molar-refractivity contribution >= 4 is 35.8 Å². The number of rotatable bonds is 3. The summed E-state index contributed by atoms with van der Waals surface area (Å²) in [6.07, 6.45) is 1.08. The van der Waals surface area contributed by atoms with Crippen molar-refractivity contribution in [3.8, 4) is 0 Å². The quantitative estimate of drug-likeness (QED) is 0.771. The van der Waals surface area contributed by atoms with Crippen molar-refractivity contribution in [2.45, 2.75) is 13.0 Å². The van der Waals surface area contributed by atoms with E-state index in [-0.39, 0.29) is 29.9 Å². The van der Waals surface area contributed by atoms with Crippen LogP contribution in [-0.2, 0) is 6.54 Å². The molecule has 2 N–H and O–H groups in total. The lowest BCUT2D eigenvalue weighted by atomic mass is 10.1. The molecule has 0 atom stereocenters. The molecule has 1 aliphatic heterocycles. The van der Waals surface area contributed by atoms with E-state index < -0.39 is 0 Å². The van der Waals surface area contributed by atoms with Crippen molar-refractivity contribution in [1.82, 2.24) is 15.5 Å². The summed E-state index contributed by atoms with van der Waals surface area (Å²) in [5, 5.41) is 6.46. The molecule has 0 unspecified atom stereocenters. The normalized spacial score (nSPS) is 13.6. The number of aliphatic imine (C=N–C) groups is 1. The molecule has 1 aromatic carbocycles. The van der Waals surface area contributed by atoms with Crippen LogP contribution in [0.1, 0.15) is 22.3 Å². The van der Waals surface area contributed by atoms with E-state index >= 15 is 0 Å². The van der Waals surface area contributed by atoms with E-state index in [1.807, 2.05) is 24.3 Å². The monoisotopic (exact) mass is 388 g/mol. The fourth-order valence-corrected chi connectivity index (χ4v) is 1.91. The van der Waals surface area contributed by atoms with E-state index in [0.717, 1.165) is 31.0 Å². The molecule has 1 amide bonds. The molecule has 1 heterocycles. The Balaban J connectivity index is 0.00000200. The predicted octanol–water partition coefficient (Wildman–Crippen LogP) is 1.45. The van der Waals surface area contributed by atoms with Crippen LogP contribution in [0.15, 0.2) is 29.3 Å². The largest absolute Gasteiger partial charge is 0.356 e. The second-order valence-corrected chi connectivity index (χ2v) is 4.76. The third-order valence-corrected chi connectivity index (χ3v) is 2.94. The summed E-state index contributed by atoms with van der Waals surface area (Å²) in [7, 11) is 3.52. The third-order valence-electron chi connectivity index (χ3n) is 2.94. The first-order valence-electron chi connectivity index (χ1n) is 6.49. The first-order valence-corrected chi connectivity index (χ1v) is 6.49. The summed E-state index contributed by atoms with van der Waals surface area (Å²) in [5.74, 6) is 0.866. The lowest BCUT2D eigenvalue weighted by molar-refractivity contribution is 0.0827. The SMILES string of the molecule is CN(C)C(=O)c1cccc(CNC2=NCCCN2)c1.I. The van der Waals surface area contributed by atoms with Crippen LogP contribution in [0.4, 0.5) is 0 Å². The molecular formula is C14H21IN4O. The van der Waals surface area contributed by atoms with Gasteiger partial charge < -0.3 is 15.5 Å². The maximum Gasteiger partial charge on any atom is 0.253 e. The highest BCUT2D eigenvalue weighted by molar-refractivity contribution is 14.0. The summed E-state index contributed by atoms with van der Waals surface area (Å²) in [4.78, 5) is 17.8. The van der Waals surface area contributed by atoms with Gasteiger partial charge in [0.25, 0.3) is 5.91 Å². The van der Waals surface area contributed by atoms with E-state index in [9.17, 15) is 4.79 Å². The van der Waals surface area contributed by atoms with Crippen molar-refractivity contribution in [3.63, 3.8) is 0 Å². The average molecular weight is 388 g/mol. The lowest BCUT2D eigenvalue weighted by Gasteiger charge is -2.16. The minimum Gasteiger partial charge on any atom is -0.356 e. The summed E-state index contributed by atoms with van der Waals surface area (Å²) in [6, 6.07) is 7.66. The molecule has 110 valence electrons. The first-order chi connectivity index (χ1) is 9.16. The molecule has 0 aromatic heterocycles. The van der Waals surface area contributed by atoms with Crippen LogP contribution in [0.2, 0.25) is 0 Å². The smallest absolute Gasteiger partial charge is 0.253 e. The van der Waals surface area contributed by atoms with Gasteiger partial charge in [0.05, 0.1) is 0 Å². The Morgan fingerprint density at radius 2 is 2.25 bits per heavy atom. The number of hydrogen-bond donors (Lipinski definition) is 2. The van der Waals surface area contributed by atoms with Crippen molar-refractivity contribution in [3.05, 3.63) is 35.4 Å². The van der Waals surface area contributed by atoms with Gasteiger partial charge in [0.1, 0.15) is 0 Å². The molecule has 0 aliphatic carbocycles. The van der Waals surface area contributed by atoms with Gasteiger partial charge in [-0.2, -0.15) is 0 Å². The van der Waals surface area contributed by atoms with Crippen LogP contribution >= 0.6 is 24.0 Å². The Morgan fingerprint density at radius 3 is 2.90 bits per heavy atom.